The second-order valence-electron chi connectivity index (χ2n) is 5.12. The standard InChI is InChI=1S/C13H21N3O2/c1-5-18-12-9(7-6-8-15-12)16-11(17)10(14)13(2,3)4/h6-8,10H,5,14H2,1-4H3,(H,16,17)/t10-/m1/s1. The molecule has 1 amide bonds. The van der Waals surface area contributed by atoms with Gasteiger partial charge < -0.3 is 15.8 Å². The van der Waals surface area contributed by atoms with Crippen molar-refractivity contribution in [3.8, 4) is 5.88 Å². The number of carbonyl (C=O) groups excluding carboxylic acids is 1. The number of pyridine rings is 1. The molecule has 5 heteroatoms. The third-order valence-corrected chi connectivity index (χ3v) is 2.53. The van der Waals surface area contributed by atoms with Crippen LogP contribution >= 0.6 is 0 Å². The van der Waals surface area contributed by atoms with Gasteiger partial charge in [-0.25, -0.2) is 4.98 Å². The van der Waals surface area contributed by atoms with Crippen LogP contribution in [0.25, 0.3) is 0 Å². The SMILES string of the molecule is CCOc1ncccc1NC(=O)[C@@H](N)C(C)(C)C. The van der Waals surface area contributed by atoms with Crippen LogP contribution in [-0.2, 0) is 4.79 Å². The number of nitrogens with one attached hydrogen (secondary N) is 1. The van der Waals surface area contributed by atoms with E-state index >= 15 is 0 Å². The number of hydrogen-bond acceptors (Lipinski definition) is 4. The second kappa shape index (κ2) is 5.82. The summed E-state index contributed by atoms with van der Waals surface area (Å²) in [5.74, 6) is 0.172. The number of aromatic nitrogens is 1. The molecule has 0 bridgehead atoms. The second-order valence-corrected chi connectivity index (χ2v) is 5.12. The van der Waals surface area contributed by atoms with Gasteiger partial charge in [0, 0.05) is 6.20 Å². The Morgan fingerprint density at radius 1 is 1.56 bits per heavy atom. The Hall–Kier alpha value is -1.62. The average Bonchev–Trinajstić information content (AvgIpc) is 2.29. The first-order chi connectivity index (χ1) is 8.36. The van der Waals surface area contributed by atoms with E-state index in [1.54, 1.807) is 18.3 Å². The predicted molar refractivity (Wildman–Crippen MR) is 71.5 cm³/mol. The Morgan fingerprint density at radius 3 is 2.78 bits per heavy atom. The van der Waals surface area contributed by atoms with E-state index in [1.807, 2.05) is 27.7 Å². The van der Waals surface area contributed by atoms with E-state index in [2.05, 4.69) is 10.3 Å². The maximum absolute atomic E-state index is 12.0. The summed E-state index contributed by atoms with van der Waals surface area (Å²) in [4.78, 5) is 16.1. The van der Waals surface area contributed by atoms with Gasteiger partial charge in [-0.05, 0) is 24.5 Å². The maximum atomic E-state index is 12.0. The fourth-order valence-corrected chi connectivity index (χ4v) is 1.34. The third kappa shape index (κ3) is 3.70. The number of anilines is 1. The molecule has 1 aromatic rings. The summed E-state index contributed by atoms with van der Waals surface area (Å²) in [5.41, 5.74) is 6.14. The van der Waals surface area contributed by atoms with Crippen LogP contribution in [0, 0.1) is 5.41 Å². The van der Waals surface area contributed by atoms with Crippen molar-refractivity contribution in [3.05, 3.63) is 18.3 Å². The van der Waals surface area contributed by atoms with Gasteiger partial charge in [-0.15, -0.1) is 0 Å². The first-order valence-electron chi connectivity index (χ1n) is 6.00. The lowest BCUT2D eigenvalue weighted by molar-refractivity contribution is -0.119. The highest BCUT2D eigenvalue weighted by Gasteiger charge is 2.28. The van der Waals surface area contributed by atoms with Gasteiger partial charge >= 0.3 is 0 Å². The molecule has 1 rings (SSSR count). The topological polar surface area (TPSA) is 77.2 Å². The van der Waals surface area contributed by atoms with E-state index in [9.17, 15) is 4.79 Å². The molecule has 1 atom stereocenters. The first-order valence-corrected chi connectivity index (χ1v) is 6.00. The van der Waals surface area contributed by atoms with Crippen molar-refractivity contribution in [1.82, 2.24) is 4.98 Å². The van der Waals surface area contributed by atoms with E-state index in [0.29, 0.717) is 18.2 Å². The summed E-state index contributed by atoms with van der Waals surface area (Å²) in [5, 5.41) is 2.75. The molecule has 1 aromatic heterocycles. The highest BCUT2D eigenvalue weighted by atomic mass is 16.5. The van der Waals surface area contributed by atoms with Gasteiger partial charge in [-0.3, -0.25) is 4.79 Å². The summed E-state index contributed by atoms with van der Waals surface area (Å²) in [7, 11) is 0. The Bertz CT molecular complexity index is 413. The monoisotopic (exact) mass is 251 g/mol. The number of rotatable bonds is 4. The zero-order chi connectivity index (χ0) is 13.8. The molecule has 18 heavy (non-hydrogen) atoms. The summed E-state index contributed by atoms with van der Waals surface area (Å²) in [6, 6.07) is 2.89. The van der Waals surface area contributed by atoms with E-state index in [0.717, 1.165) is 0 Å². The van der Waals surface area contributed by atoms with Crippen LogP contribution < -0.4 is 15.8 Å². The van der Waals surface area contributed by atoms with Crippen molar-refractivity contribution >= 4 is 11.6 Å². The molecule has 0 aliphatic rings. The first kappa shape index (κ1) is 14.4. The summed E-state index contributed by atoms with van der Waals surface area (Å²) in [6.45, 7) is 8.12. The van der Waals surface area contributed by atoms with Crippen molar-refractivity contribution in [2.45, 2.75) is 33.7 Å². The maximum Gasteiger partial charge on any atom is 0.241 e. The molecule has 1 heterocycles. The molecule has 0 spiro atoms. The van der Waals surface area contributed by atoms with Gasteiger partial charge in [0.1, 0.15) is 5.69 Å². The van der Waals surface area contributed by atoms with Crippen LogP contribution in [-0.4, -0.2) is 23.5 Å². The van der Waals surface area contributed by atoms with Gasteiger partial charge in [0.2, 0.25) is 11.8 Å². The highest BCUT2D eigenvalue weighted by Crippen LogP contribution is 2.23. The number of amides is 1. The molecular weight excluding hydrogens is 230 g/mol. The molecule has 0 saturated carbocycles. The molecule has 100 valence electrons. The lowest BCUT2D eigenvalue weighted by Gasteiger charge is -2.26. The normalized spacial score (nSPS) is 12.9. The Kier molecular flexibility index (Phi) is 4.67. The fourth-order valence-electron chi connectivity index (χ4n) is 1.34. The van der Waals surface area contributed by atoms with E-state index < -0.39 is 6.04 Å². The lowest BCUT2D eigenvalue weighted by atomic mass is 9.87. The minimum atomic E-state index is -0.591. The minimum absolute atomic E-state index is 0.239. The van der Waals surface area contributed by atoms with Crippen LogP contribution in [0.15, 0.2) is 18.3 Å². The van der Waals surface area contributed by atoms with Crippen molar-refractivity contribution in [2.24, 2.45) is 11.1 Å². The molecular formula is C13H21N3O2. The Morgan fingerprint density at radius 2 is 2.22 bits per heavy atom. The average molecular weight is 251 g/mol. The molecule has 0 unspecified atom stereocenters. The number of nitrogens with two attached hydrogens (primary N) is 1. The van der Waals surface area contributed by atoms with Crippen LogP contribution in [0.3, 0.4) is 0 Å². The van der Waals surface area contributed by atoms with Crippen molar-refractivity contribution < 1.29 is 9.53 Å². The van der Waals surface area contributed by atoms with E-state index in [-0.39, 0.29) is 11.3 Å². The lowest BCUT2D eigenvalue weighted by Crippen LogP contribution is -2.45. The highest BCUT2D eigenvalue weighted by molar-refractivity contribution is 5.96. The number of ether oxygens (including phenoxy) is 1. The number of carbonyl (C=O) groups is 1. The van der Waals surface area contributed by atoms with Crippen molar-refractivity contribution in [2.75, 3.05) is 11.9 Å². The minimum Gasteiger partial charge on any atom is -0.476 e. The van der Waals surface area contributed by atoms with E-state index in [1.165, 1.54) is 0 Å². The predicted octanol–water partition coefficient (Wildman–Crippen LogP) is 1.79. The van der Waals surface area contributed by atoms with Crippen LogP contribution in [0.4, 0.5) is 5.69 Å². The quantitative estimate of drug-likeness (QED) is 0.855. The van der Waals surface area contributed by atoms with Gasteiger partial charge in [0.05, 0.1) is 12.6 Å². The number of nitrogens with zero attached hydrogens (tertiary/aromatic N) is 1. The largest absolute Gasteiger partial charge is 0.476 e. The molecule has 0 aliphatic carbocycles. The summed E-state index contributed by atoms with van der Waals surface area (Å²) in [6.07, 6.45) is 1.62. The van der Waals surface area contributed by atoms with Gasteiger partial charge in [0.25, 0.3) is 0 Å². The van der Waals surface area contributed by atoms with Gasteiger partial charge in [-0.1, -0.05) is 20.8 Å². The molecule has 0 aromatic carbocycles. The Balaban J connectivity index is 2.82. The third-order valence-electron chi connectivity index (χ3n) is 2.53. The van der Waals surface area contributed by atoms with E-state index in [4.69, 9.17) is 10.5 Å². The van der Waals surface area contributed by atoms with Crippen LogP contribution in [0.2, 0.25) is 0 Å². The smallest absolute Gasteiger partial charge is 0.241 e. The molecule has 0 aliphatic heterocycles. The summed E-state index contributed by atoms with van der Waals surface area (Å²) >= 11 is 0. The zero-order valence-corrected chi connectivity index (χ0v) is 11.4. The Labute approximate surface area is 108 Å². The van der Waals surface area contributed by atoms with Crippen LogP contribution in [0.5, 0.6) is 5.88 Å². The summed E-state index contributed by atoms with van der Waals surface area (Å²) < 4.78 is 5.34. The fraction of sp³-hybridized carbons (Fsp3) is 0.538. The van der Waals surface area contributed by atoms with Crippen molar-refractivity contribution in [3.63, 3.8) is 0 Å². The zero-order valence-electron chi connectivity index (χ0n) is 11.4. The van der Waals surface area contributed by atoms with Crippen LogP contribution in [0.1, 0.15) is 27.7 Å². The molecule has 0 saturated heterocycles. The molecule has 5 nitrogen and oxygen atoms in total. The number of hydrogen-bond donors (Lipinski definition) is 2. The van der Waals surface area contributed by atoms with Gasteiger partial charge in [0.15, 0.2) is 0 Å². The van der Waals surface area contributed by atoms with Gasteiger partial charge in [-0.2, -0.15) is 0 Å². The molecule has 0 radical (unpaired) electrons. The molecule has 3 N–H and O–H groups in total. The molecule has 0 fully saturated rings. The van der Waals surface area contributed by atoms with Crippen molar-refractivity contribution in [1.29, 1.82) is 0 Å².